The lowest BCUT2D eigenvalue weighted by atomic mass is 10.1. The molecule has 8 heteroatoms. The van der Waals surface area contributed by atoms with E-state index in [1.807, 2.05) is 4.90 Å². The molecule has 1 saturated heterocycles. The number of amides is 4. The highest BCUT2D eigenvalue weighted by Gasteiger charge is 2.19. The standard InChI is InChI=1S/C12H14N2O2.C6H12N2O2/c13-11(15)9-3-5-10(6-4-9)12(16)14-7-1-2-8-14;7-5(9)3-1-2-4-6(8)10/h3-6H,1-2,7-8H2,(H2,13,15);1-4H2,(H2,7,9)(H2,8,10). The average Bonchev–Trinajstić information content (AvgIpc) is 3.13. The number of benzene rings is 1. The fourth-order valence-corrected chi connectivity index (χ4v) is 2.48. The summed E-state index contributed by atoms with van der Waals surface area (Å²) >= 11 is 0. The highest BCUT2D eigenvalue weighted by molar-refractivity contribution is 5.97. The van der Waals surface area contributed by atoms with Crippen LogP contribution in [0.1, 0.15) is 59.2 Å². The SMILES string of the molecule is NC(=O)CCCCC(N)=O.NC(=O)c1ccc(C(=O)N2CCCC2)cc1. The lowest BCUT2D eigenvalue weighted by molar-refractivity contribution is -0.119. The van der Waals surface area contributed by atoms with E-state index in [9.17, 15) is 19.2 Å². The smallest absolute Gasteiger partial charge is 0.253 e. The van der Waals surface area contributed by atoms with E-state index in [0.29, 0.717) is 36.8 Å². The van der Waals surface area contributed by atoms with E-state index < -0.39 is 5.91 Å². The van der Waals surface area contributed by atoms with Gasteiger partial charge in [0.25, 0.3) is 5.91 Å². The molecular weight excluding hydrogens is 336 g/mol. The van der Waals surface area contributed by atoms with Crippen LogP contribution < -0.4 is 17.2 Å². The molecule has 0 saturated carbocycles. The van der Waals surface area contributed by atoms with Crippen molar-refractivity contribution < 1.29 is 19.2 Å². The first-order valence-corrected chi connectivity index (χ1v) is 8.57. The Morgan fingerprint density at radius 2 is 1.19 bits per heavy atom. The summed E-state index contributed by atoms with van der Waals surface area (Å²) in [6, 6.07) is 6.48. The van der Waals surface area contributed by atoms with Crippen LogP contribution in [0.5, 0.6) is 0 Å². The summed E-state index contributed by atoms with van der Waals surface area (Å²) in [5.41, 5.74) is 15.9. The van der Waals surface area contributed by atoms with Gasteiger partial charge < -0.3 is 22.1 Å². The van der Waals surface area contributed by atoms with Gasteiger partial charge in [0, 0.05) is 37.1 Å². The van der Waals surface area contributed by atoms with Gasteiger partial charge in [-0.15, -0.1) is 0 Å². The Morgan fingerprint density at radius 3 is 1.58 bits per heavy atom. The Hall–Kier alpha value is -2.90. The maximum absolute atomic E-state index is 11.9. The molecule has 0 spiro atoms. The summed E-state index contributed by atoms with van der Waals surface area (Å²) in [5.74, 6) is -1.09. The van der Waals surface area contributed by atoms with Crippen LogP contribution in [0.2, 0.25) is 0 Å². The van der Waals surface area contributed by atoms with E-state index >= 15 is 0 Å². The van der Waals surface area contributed by atoms with Crippen molar-refractivity contribution in [2.75, 3.05) is 13.1 Å². The summed E-state index contributed by atoms with van der Waals surface area (Å²) in [5, 5.41) is 0. The molecule has 1 aromatic carbocycles. The molecule has 2 rings (SSSR count). The third-order valence-electron chi connectivity index (χ3n) is 3.91. The second-order valence-corrected chi connectivity index (χ2v) is 6.08. The molecule has 1 heterocycles. The molecule has 1 aromatic rings. The molecule has 26 heavy (non-hydrogen) atoms. The van der Waals surface area contributed by atoms with E-state index in [1.165, 1.54) is 0 Å². The number of nitrogens with two attached hydrogens (primary N) is 3. The van der Waals surface area contributed by atoms with Crippen molar-refractivity contribution in [1.82, 2.24) is 4.90 Å². The van der Waals surface area contributed by atoms with E-state index in [0.717, 1.165) is 25.9 Å². The number of carbonyl (C=O) groups is 4. The molecule has 1 fully saturated rings. The number of carbonyl (C=O) groups excluding carboxylic acids is 4. The molecule has 8 nitrogen and oxygen atoms in total. The van der Waals surface area contributed by atoms with Crippen molar-refractivity contribution in [3.8, 4) is 0 Å². The predicted molar refractivity (Wildman–Crippen MR) is 97.0 cm³/mol. The average molecular weight is 362 g/mol. The van der Waals surface area contributed by atoms with Crippen molar-refractivity contribution in [1.29, 1.82) is 0 Å². The van der Waals surface area contributed by atoms with Gasteiger partial charge in [0.05, 0.1) is 0 Å². The van der Waals surface area contributed by atoms with Gasteiger partial charge in [-0.25, -0.2) is 0 Å². The van der Waals surface area contributed by atoms with Gasteiger partial charge in [-0.1, -0.05) is 0 Å². The van der Waals surface area contributed by atoms with Crippen LogP contribution in [-0.2, 0) is 9.59 Å². The molecule has 0 aromatic heterocycles. The Labute approximate surface area is 152 Å². The molecule has 0 bridgehead atoms. The first kappa shape index (κ1) is 21.1. The van der Waals surface area contributed by atoms with Crippen LogP contribution >= 0.6 is 0 Å². The minimum absolute atomic E-state index is 0.0357. The van der Waals surface area contributed by atoms with Gasteiger partial charge >= 0.3 is 0 Å². The minimum atomic E-state index is -0.472. The highest BCUT2D eigenvalue weighted by Crippen LogP contribution is 2.13. The molecule has 0 aliphatic carbocycles. The van der Waals surface area contributed by atoms with Crippen LogP contribution in [0.4, 0.5) is 0 Å². The van der Waals surface area contributed by atoms with Crippen LogP contribution in [0.3, 0.4) is 0 Å². The van der Waals surface area contributed by atoms with Crippen molar-refractivity contribution in [3.05, 3.63) is 35.4 Å². The first-order chi connectivity index (χ1) is 12.3. The number of unbranched alkanes of at least 4 members (excludes halogenated alkanes) is 1. The minimum Gasteiger partial charge on any atom is -0.370 e. The Morgan fingerprint density at radius 1 is 0.769 bits per heavy atom. The monoisotopic (exact) mass is 362 g/mol. The zero-order chi connectivity index (χ0) is 19.5. The number of likely N-dealkylation sites (tertiary alicyclic amines) is 1. The van der Waals surface area contributed by atoms with Gasteiger partial charge in [0.2, 0.25) is 17.7 Å². The van der Waals surface area contributed by atoms with Crippen molar-refractivity contribution in [2.24, 2.45) is 17.2 Å². The second kappa shape index (κ2) is 10.9. The largest absolute Gasteiger partial charge is 0.370 e. The van der Waals surface area contributed by atoms with Gasteiger partial charge in [-0.05, 0) is 49.9 Å². The number of hydrogen-bond donors (Lipinski definition) is 3. The summed E-state index contributed by atoms with van der Waals surface area (Å²) < 4.78 is 0. The highest BCUT2D eigenvalue weighted by atomic mass is 16.2. The van der Waals surface area contributed by atoms with Crippen LogP contribution in [0.25, 0.3) is 0 Å². The molecule has 0 radical (unpaired) electrons. The summed E-state index contributed by atoms with van der Waals surface area (Å²) in [7, 11) is 0. The quantitative estimate of drug-likeness (QED) is 0.607. The Kier molecular flexibility index (Phi) is 8.83. The molecule has 6 N–H and O–H groups in total. The lowest BCUT2D eigenvalue weighted by Crippen LogP contribution is -2.27. The summed E-state index contributed by atoms with van der Waals surface area (Å²) in [4.78, 5) is 44.9. The predicted octanol–water partition coefficient (Wildman–Crippen LogP) is 0.539. The van der Waals surface area contributed by atoms with Crippen molar-refractivity contribution in [2.45, 2.75) is 38.5 Å². The maximum Gasteiger partial charge on any atom is 0.253 e. The van der Waals surface area contributed by atoms with Gasteiger partial charge in [-0.3, -0.25) is 19.2 Å². The third-order valence-corrected chi connectivity index (χ3v) is 3.91. The lowest BCUT2D eigenvalue weighted by Gasteiger charge is -2.15. The molecule has 142 valence electrons. The van der Waals surface area contributed by atoms with Gasteiger partial charge in [0.1, 0.15) is 0 Å². The van der Waals surface area contributed by atoms with E-state index in [4.69, 9.17) is 17.2 Å². The van der Waals surface area contributed by atoms with Gasteiger partial charge in [0.15, 0.2) is 0 Å². The first-order valence-electron chi connectivity index (χ1n) is 8.57. The van der Waals surface area contributed by atoms with Crippen LogP contribution in [-0.4, -0.2) is 41.6 Å². The number of hydrogen-bond acceptors (Lipinski definition) is 4. The molecule has 4 amide bonds. The molecule has 0 atom stereocenters. The second-order valence-electron chi connectivity index (χ2n) is 6.08. The maximum atomic E-state index is 11.9. The molecule has 1 aliphatic heterocycles. The van der Waals surface area contributed by atoms with E-state index in [2.05, 4.69) is 0 Å². The number of primary amides is 3. The van der Waals surface area contributed by atoms with Crippen LogP contribution in [0, 0.1) is 0 Å². The van der Waals surface area contributed by atoms with E-state index in [-0.39, 0.29) is 17.7 Å². The third kappa shape index (κ3) is 7.78. The molecular formula is C18H26N4O4. The Bertz CT molecular complexity index is 621. The topological polar surface area (TPSA) is 150 Å². The van der Waals surface area contributed by atoms with Crippen LogP contribution in [0.15, 0.2) is 24.3 Å². The summed E-state index contributed by atoms with van der Waals surface area (Å²) in [6.45, 7) is 1.66. The van der Waals surface area contributed by atoms with Gasteiger partial charge in [-0.2, -0.15) is 0 Å². The summed E-state index contributed by atoms with van der Waals surface area (Å²) in [6.07, 6.45) is 4.13. The fraction of sp³-hybridized carbons (Fsp3) is 0.444. The number of nitrogens with zero attached hydrogens (tertiary/aromatic N) is 1. The molecule has 1 aliphatic rings. The zero-order valence-corrected chi connectivity index (χ0v) is 14.8. The fourth-order valence-electron chi connectivity index (χ4n) is 2.48. The van der Waals surface area contributed by atoms with Crippen molar-refractivity contribution >= 4 is 23.6 Å². The zero-order valence-electron chi connectivity index (χ0n) is 14.8. The van der Waals surface area contributed by atoms with E-state index in [1.54, 1.807) is 24.3 Å². The Balaban J connectivity index is 0.000000294. The van der Waals surface area contributed by atoms with Crippen molar-refractivity contribution in [3.63, 3.8) is 0 Å². The molecule has 0 unspecified atom stereocenters. The normalized spacial score (nSPS) is 12.8. The number of rotatable bonds is 7.